The summed E-state index contributed by atoms with van der Waals surface area (Å²) in [5, 5.41) is 0. The highest BCUT2D eigenvalue weighted by Crippen LogP contribution is 2.59. The molecule has 0 N–H and O–H groups in total. The first-order valence-corrected chi connectivity index (χ1v) is 11.2. The summed E-state index contributed by atoms with van der Waals surface area (Å²) in [6.45, 7) is 8.23. The molecule has 1 atom stereocenters. The lowest BCUT2D eigenvalue weighted by Gasteiger charge is -2.22. The van der Waals surface area contributed by atoms with Crippen molar-refractivity contribution >= 4 is 15.9 Å². The number of hydrogen-bond donors (Lipinski definition) is 0. The zero-order valence-electron chi connectivity index (χ0n) is 12.5. The van der Waals surface area contributed by atoms with Crippen LogP contribution in [0.4, 0.5) is 0 Å². The van der Waals surface area contributed by atoms with Crippen LogP contribution in [0.2, 0.25) is 19.6 Å². The minimum absolute atomic E-state index is 0.302. The molecule has 108 valence electrons. The summed E-state index contributed by atoms with van der Waals surface area (Å²) in [4.78, 5) is 0. The van der Waals surface area contributed by atoms with E-state index in [1.54, 1.807) is 0 Å². The molecule has 0 radical (unpaired) electrons. The van der Waals surface area contributed by atoms with Crippen LogP contribution in [0.25, 0.3) is 0 Å². The van der Waals surface area contributed by atoms with Crippen molar-refractivity contribution in [3.8, 4) is 5.75 Å². The monoisotopic (exact) mass is 302 g/mol. The van der Waals surface area contributed by atoms with E-state index < -0.39 is 15.9 Å². The Hall–Kier alpha value is -0.613. The second kappa shape index (κ2) is 6.22. The molecule has 0 spiro atoms. The van der Waals surface area contributed by atoms with Crippen molar-refractivity contribution in [2.24, 2.45) is 0 Å². The molecule has 0 bridgehead atoms. The third kappa shape index (κ3) is 4.46. The molecular formula is C13H23O4PSi. The van der Waals surface area contributed by atoms with E-state index in [9.17, 15) is 4.57 Å². The van der Waals surface area contributed by atoms with E-state index in [-0.39, 0.29) is 5.66 Å². The zero-order valence-corrected chi connectivity index (χ0v) is 14.4. The van der Waals surface area contributed by atoms with Gasteiger partial charge < -0.3 is 13.5 Å². The molecule has 1 aromatic rings. The summed E-state index contributed by atoms with van der Waals surface area (Å²) >= 11 is 0. The quantitative estimate of drug-likeness (QED) is 0.575. The van der Waals surface area contributed by atoms with Crippen LogP contribution in [0.3, 0.4) is 0 Å². The molecule has 0 fully saturated rings. The summed E-state index contributed by atoms with van der Waals surface area (Å²) in [5.74, 6) is 0.847. The number of rotatable bonds is 6. The molecule has 4 nitrogen and oxygen atoms in total. The van der Waals surface area contributed by atoms with Crippen LogP contribution in [-0.4, -0.2) is 22.5 Å². The molecule has 19 heavy (non-hydrogen) atoms. The highest BCUT2D eigenvalue weighted by molar-refractivity contribution is 7.54. The van der Waals surface area contributed by atoms with Crippen molar-refractivity contribution in [1.82, 2.24) is 0 Å². The lowest BCUT2D eigenvalue weighted by Crippen LogP contribution is -2.29. The van der Waals surface area contributed by atoms with Gasteiger partial charge in [0, 0.05) is 14.2 Å². The minimum atomic E-state index is -3.08. The van der Waals surface area contributed by atoms with Crippen molar-refractivity contribution < 1.29 is 18.0 Å². The van der Waals surface area contributed by atoms with Crippen LogP contribution in [-0.2, 0) is 13.6 Å². The highest BCUT2D eigenvalue weighted by atomic mass is 31.2. The van der Waals surface area contributed by atoms with E-state index in [1.807, 2.05) is 31.2 Å². The van der Waals surface area contributed by atoms with Gasteiger partial charge in [0.1, 0.15) is 5.75 Å². The van der Waals surface area contributed by atoms with Gasteiger partial charge in [-0.25, -0.2) is 0 Å². The van der Waals surface area contributed by atoms with Crippen LogP contribution >= 0.6 is 7.60 Å². The summed E-state index contributed by atoms with van der Waals surface area (Å²) in [6.07, 6.45) is 0. The topological polar surface area (TPSA) is 44.8 Å². The van der Waals surface area contributed by atoms with E-state index in [0.717, 1.165) is 11.3 Å². The second-order valence-corrected chi connectivity index (χ2v) is 12.4. The molecule has 0 aliphatic carbocycles. The van der Waals surface area contributed by atoms with Gasteiger partial charge >= 0.3 is 7.60 Å². The van der Waals surface area contributed by atoms with E-state index in [4.69, 9.17) is 13.5 Å². The smallest absolute Gasteiger partial charge is 0.337 e. The SMILES string of the molecule is COP(=O)(OC)C(C)c1ccc(O[Si](C)(C)C)cc1. The van der Waals surface area contributed by atoms with Crippen LogP contribution in [0.1, 0.15) is 18.1 Å². The largest absolute Gasteiger partial charge is 0.544 e. The lowest BCUT2D eigenvalue weighted by molar-refractivity contribution is 0.267. The molecule has 0 amide bonds. The Bertz CT molecular complexity index is 445. The van der Waals surface area contributed by atoms with E-state index >= 15 is 0 Å². The molecule has 0 saturated carbocycles. The normalized spacial score (nSPS) is 14.2. The Kier molecular flexibility index (Phi) is 5.39. The predicted octanol–water partition coefficient (Wildman–Crippen LogP) is 4.45. The van der Waals surface area contributed by atoms with Crippen molar-refractivity contribution in [1.29, 1.82) is 0 Å². The van der Waals surface area contributed by atoms with Gasteiger partial charge in [0.25, 0.3) is 0 Å². The van der Waals surface area contributed by atoms with Crippen LogP contribution in [0.5, 0.6) is 5.75 Å². The summed E-state index contributed by atoms with van der Waals surface area (Å²) in [6, 6.07) is 7.62. The maximum Gasteiger partial charge on any atom is 0.337 e. The Balaban J connectivity index is 2.90. The predicted molar refractivity (Wildman–Crippen MR) is 80.5 cm³/mol. The molecule has 1 aromatic carbocycles. The molecule has 1 rings (SSSR count). The van der Waals surface area contributed by atoms with Gasteiger partial charge in [-0.15, -0.1) is 0 Å². The maximum absolute atomic E-state index is 12.3. The molecule has 1 unspecified atom stereocenters. The van der Waals surface area contributed by atoms with Gasteiger partial charge in [0.2, 0.25) is 8.32 Å². The third-order valence-corrected chi connectivity index (χ3v) is 5.88. The van der Waals surface area contributed by atoms with Gasteiger partial charge in [0.15, 0.2) is 0 Å². The fourth-order valence-electron chi connectivity index (χ4n) is 1.74. The van der Waals surface area contributed by atoms with Crippen molar-refractivity contribution in [3.63, 3.8) is 0 Å². The van der Waals surface area contributed by atoms with Crippen molar-refractivity contribution in [2.45, 2.75) is 32.2 Å². The van der Waals surface area contributed by atoms with E-state index in [2.05, 4.69) is 19.6 Å². The Morgan fingerprint density at radius 2 is 1.53 bits per heavy atom. The second-order valence-electron chi connectivity index (χ2n) is 5.36. The van der Waals surface area contributed by atoms with Gasteiger partial charge in [-0.1, -0.05) is 12.1 Å². The summed E-state index contributed by atoms with van der Waals surface area (Å²) in [7, 11) is -1.87. The lowest BCUT2D eigenvalue weighted by atomic mass is 10.2. The first-order valence-electron chi connectivity index (χ1n) is 6.22. The molecule has 6 heteroatoms. The Morgan fingerprint density at radius 1 is 1.05 bits per heavy atom. The fourth-order valence-corrected chi connectivity index (χ4v) is 3.90. The Labute approximate surface area is 116 Å². The molecule has 0 aromatic heterocycles. The number of benzene rings is 1. The summed E-state index contributed by atoms with van der Waals surface area (Å²) in [5.41, 5.74) is 0.610. The number of hydrogen-bond acceptors (Lipinski definition) is 4. The molecule has 0 aliphatic rings. The van der Waals surface area contributed by atoms with Gasteiger partial charge in [-0.2, -0.15) is 0 Å². The molecule has 0 heterocycles. The average molecular weight is 302 g/mol. The van der Waals surface area contributed by atoms with E-state index in [0.29, 0.717) is 0 Å². The molecular weight excluding hydrogens is 279 g/mol. The van der Waals surface area contributed by atoms with Gasteiger partial charge in [-0.05, 0) is 44.3 Å². The zero-order chi connectivity index (χ0) is 14.7. The highest BCUT2D eigenvalue weighted by Gasteiger charge is 2.31. The van der Waals surface area contributed by atoms with Gasteiger partial charge in [-0.3, -0.25) is 4.57 Å². The van der Waals surface area contributed by atoms with Crippen molar-refractivity contribution in [2.75, 3.05) is 14.2 Å². The fraction of sp³-hybridized carbons (Fsp3) is 0.538. The van der Waals surface area contributed by atoms with Crippen LogP contribution in [0, 0.1) is 0 Å². The van der Waals surface area contributed by atoms with Crippen LogP contribution in [0.15, 0.2) is 24.3 Å². The molecule has 0 aliphatic heterocycles. The first kappa shape index (κ1) is 16.4. The first-order chi connectivity index (χ1) is 8.72. The molecule has 0 saturated heterocycles. The maximum atomic E-state index is 12.3. The third-order valence-electron chi connectivity index (χ3n) is 2.77. The average Bonchev–Trinajstić information content (AvgIpc) is 2.36. The Morgan fingerprint density at radius 3 is 1.89 bits per heavy atom. The van der Waals surface area contributed by atoms with Crippen LogP contribution < -0.4 is 4.43 Å². The van der Waals surface area contributed by atoms with Crippen molar-refractivity contribution in [3.05, 3.63) is 29.8 Å². The van der Waals surface area contributed by atoms with Gasteiger partial charge in [0.05, 0.1) is 5.66 Å². The van der Waals surface area contributed by atoms with E-state index in [1.165, 1.54) is 14.2 Å². The summed E-state index contributed by atoms with van der Waals surface area (Å²) < 4.78 is 28.2. The minimum Gasteiger partial charge on any atom is -0.544 e. The standard InChI is InChI=1S/C13H23O4PSi/c1-11(18(14,15-2)16-3)12-7-9-13(10-8-12)17-19(4,5)6/h7-11H,1-6H3.